The molecular weight excluding hydrogens is 275 g/mol. The first-order valence-electron chi connectivity index (χ1n) is 0.947. The maximum atomic E-state index is 6.99. The summed E-state index contributed by atoms with van der Waals surface area (Å²) in [6.45, 7) is 0. The topological polar surface area (TPSA) is 95.2 Å². The van der Waals surface area contributed by atoms with Crippen LogP contribution in [0.3, 0.4) is 0 Å². The van der Waals surface area contributed by atoms with Crippen LogP contribution in [0.2, 0.25) is 0 Å². The number of hydrogen-bond acceptors (Lipinski definition) is 2. The smallest absolute Gasteiger partial charge is 0.494 e. The summed E-state index contributed by atoms with van der Waals surface area (Å²) in [6.07, 6.45) is 2.00. The van der Waals surface area contributed by atoms with Gasteiger partial charge < -0.3 is 22.0 Å². The van der Waals surface area contributed by atoms with Gasteiger partial charge in [0.25, 0.3) is 0 Å². The zero-order valence-electron chi connectivity index (χ0n) is 3.21. The van der Waals surface area contributed by atoms with E-state index < -0.39 is 0 Å². The SMILES string of the molecule is N#C[NH-].N#C[NH-].[Pt+2]. The van der Waals surface area contributed by atoms with Gasteiger partial charge in [0.15, 0.2) is 0 Å². The van der Waals surface area contributed by atoms with Gasteiger partial charge in [0.1, 0.15) is 0 Å². The van der Waals surface area contributed by atoms with E-state index in [0.29, 0.717) is 0 Å². The third-order valence-corrected chi connectivity index (χ3v) is 0. The van der Waals surface area contributed by atoms with Crippen LogP contribution in [0.5, 0.6) is 0 Å². The minimum atomic E-state index is 0. The fourth-order valence-electron chi connectivity index (χ4n) is 0. The summed E-state index contributed by atoms with van der Waals surface area (Å²) in [7, 11) is 0. The van der Waals surface area contributed by atoms with Gasteiger partial charge in [-0.2, -0.15) is 0 Å². The average molecular weight is 277 g/mol. The molecule has 0 saturated heterocycles. The molecule has 0 aliphatic rings. The van der Waals surface area contributed by atoms with E-state index in [0.717, 1.165) is 12.4 Å². The largest absolute Gasteiger partial charge is 2.00 e. The molecule has 40 valence electrons. The van der Waals surface area contributed by atoms with Gasteiger partial charge in [-0.05, 0) is 0 Å². The van der Waals surface area contributed by atoms with E-state index in [9.17, 15) is 0 Å². The van der Waals surface area contributed by atoms with E-state index in [2.05, 4.69) is 0 Å². The predicted octanol–water partition coefficient (Wildman–Crippen LogP) is 1.04. The third kappa shape index (κ3) is 105. The van der Waals surface area contributed by atoms with Crippen LogP contribution in [0, 0.1) is 22.9 Å². The molecule has 0 aromatic heterocycles. The molecule has 0 heterocycles. The third-order valence-electron chi connectivity index (χ3n) is 0. The molecule has 0 rings (SSSR count). The Morgan fingerprint density at radius 3 is 1.00 bits per heavy atom. The van der Waals surface area contributed by atoms with Crippen LogP contribution in [-0.4, -0.2) is 0 Å². The summed E-state index contributed by atoms with van der Waals surface area (Å²) >= 11 is 0. The molecule has 0 spiro atoms. The second-order valence-corrected chi connectivity index (χ2v) is 0.224. The van der Waals surface area contributed by atoms with Crippen LogP contribution in [0.1, 0.15) is 0 Å². The molecule has 0 amide bonds. The van der Waals surface area contributed by atoms with E-state index >= 15 is 0 Å². The van der Waals surface area contributed by atoms with Gasteiger partial charge in [-0.1, -0.05) is 12.4 Å². The Balaban J connectivity index is -0.0000000400. The number of nitriles is 2. The van der Waals surface area contributed by atoms with Crippen LogP contribution in [0.25, 0.3) is 11.5 Å². The Bertz CT molecular complexity index is 64.7. The van der Waals surface area contributed by atoms with Gasteiger partial charge >= 0.3 is 21.1 Å². The maximum absolute atomic E-state index is 6.99. The van der Waals surface area contributed by atoms with Crippen molar-refractivity contribution in [2.45, 2.75) is 0 Å². The molecule has 0 atom stereocenters. The first kappa shape index (κ1) is 16.3. The molecule has 5 heteroatoms. The Morgan fingerprint density at radius 2 is 1.00 bits per heavy atom. The van der Waals surface area contributed by atoms with Gasteiger partial charge in [-0.3, -0.25) is 0 Å². The Hall–Kier alpha value is -0.732. The molecule has 0 unspecified atom stereocenters. The molecule has 0 radical (unpaired) electrons. The molecule has 0 aliphatic carbocycles. The zero-order valence-corrected chi connectivity index (χ0v) is 5.48. The standard InChI is InChI=1S/2CHN2.Pt/c2*2-1-3;/h2*2H;/q2*-1;+2. The summed E-state index contributed by atoms with van der Waals surface area (Å²) in [5.41, 5.74) is 11.0. The van der Waals surface area contributed by atoms with Crippen molar-refractivity contribution < 1.29 is 21.1 Å². The van der Waals surface area contributed by atoms with E-state index in [1.165, 1.54) is 0 Å². The molecule has 0 aliphatic heterocycles. The van der Waals surface area contributed by atoms with Crippen molar-refractivity contribution >= 4 is 0 Å². The van der Waals surface area contributed by atoms with E-state index in [4.69, 9.17) is 22.0 Å². The number of rotatable bonds is 0. The quantitative estimate of drug-likeness (QED) is 0.618. The maximum Gasteiger partial charge on any atom is 2.00 e. The predicted molar refractivity (Wildman–Crippen MR) is 19.9 cm³/mol. The van der Waals surface area contributed by atoms with Crippen LogP contribution in [0.4, 0.5) is 0 Å². The summed E-state index contributed by atoms with van der Waals surface area (Å²) in [5, 5.41) is 14.0. The first-order chi connectivity index (χ1) is 2.83. The van der Waals surface area contributed by atoms with Gasteiger partial charge in [0, 0.05) is 0 Å². The van der Waals surface area contributed by atoms with E-state index in [1.54, 1.807) is 0 Å². The van der Waals surface area contributed by atoms with E-state index in [-0.39, 0.29) is 21.1 Å². The zero-order chi connectivity index (χ0) is 5.41. The molecular formula is C2H2N4Pt. The van der Waals surface area contributed by atoms with E-state index in [1.807, 2.05) is 0 Å². The molecule has 4 nitrogen and oxygen atoms in total. The van der Waals surface area contributed by atoms with Crippen molar-refractivity contribution in [2.75, 3.05) is 0 Å². The first-order valence-corrected chi connectivity index (χ1v) is 0.947. The Morgan fingerprint density at radius 1 is 1.00 bits per heavy atom. The molecule has 0 aromatic carbocycles. The van der Waals surface area contributed by atoms with Crippen LogP contribution in [0.15, 0.2) is 0 Å². The normalized spacial score (nSPS) is 2.00. The minimum Gasteiger partial charge on any atom is -0.494 e. The summed E-state index contributed by atoms with van der Waals surface area (Å²) in [6, 6.07) is 0. The second kappa shape index (κ2) is 59.7. The molecule has 2 N–H and O–H groups in total. The number of nitrogens with one attached hydrogen (secondary N) is 2. The Labute approximate surface area is 56.0 Å². The number of hydrogen-bond donors (Lipinski definition) is 0. The van der Waals surface area contributed by atoms with Crippen LogP contribution < -0.4 is 0 Å². The molecule has 0 saturated carbocycles. The van der Waals surface area contributed by atoms with Crippen molar-refractivity contribution in [3.05, 3.63) is 11.5 Å². The second-order valence-electron chi connectivity index (χ2n) is 0.224. The molecule has 0 fully saturated rings. The molecule has 0 bridgehead atoms. The van der Waals surface area contributed by atoms with Crippen molar-refractivity contribution in [1.82, 2.24) is 0 Å². The van der Waals surface area contributed by atoms with Crippen molar-refractivity contribution in [2.24, 2.45) is 0 Å². The monoisotopic (exact) mass is 277 g/mol. The summed E-state index contributed by atoms with van der Waals surface area (Å²) in [5.74, 6) is 0. The molecule has 7 heavy (non-hydrogen) atoms. The Kier molecular flexibility index (Phi) is 139. The molecule has 0 aromatic rings. The average Bonchev–Trinajstić information content (AvgIpc) is 1.39. The van der Waals surface area contributed by atoms with Crippen molar-refractivity contribution in [3.8, 4) is 12.4 Å². The fraction of sp³-hybridized carbons (Fsp3) is 0. The fourth-order valence-corrected chi connectivity index (χ4v) is 0. The van der Waals surface area contributed by atoms with Gasteiger partial charge in [0.2, 0.25) is 0 Å². The van der Waals surface area contributed by atoms with Gasteiger partial charge in [0.05, 0.1) is 0 Å². The van der Waals surface area contributed by atoms with Crippen LogP contribution >= 0.6 is 0 Å². The van der Waals surface area contributed by atoms with Crippen LogP contribution in [-0.2, 0) is 21.1 Å². The summed E-state index contributed by atoms with van der Waals surface area (Å²) < 4.78 is 0. The van der Waals surface area contributed by atoms with Gasteiger partial charge in [-0.25, -0.2) is 0 Å². The van der Waals surface area contributed by atoms with Crippen molar-refractivity contribution in [3.63, 3.8) is 0 Å². The van der Waals surface area contributed by atoms with Gasteiger partial charge in [-0.15, -0.1) is 0 Å². The number of nitrogens with zero attached hydrogens (tertiary/aromatic N) is 2. The minimum absolute atomic E-state index is 0. The van der Waals surface area contributed by atoms with Crippen molar-refractivity contribution in [1.29, 1.82) is 10.5 Å². The summed E-state index contributed by atoms with van der Waals surface area (Å²) in [4.78, 5) is 0.